The largest absolute Gasteiger partial charge is 0.460 e. The lowest BCUT2D eigenvalue weighted by Gasteiger charge is -1.97. The highest BCUT2D eigenvalue weighted by atomic mass is 16.5. The van der Waals surface area contributed by atoms with Crippen molar-refractivity contribution in [2.75, 3.05) is 6.61 Å². The molecule has 5 heteroatoms. The maximum Gasteiger partial charge on any atom is 0.376 e. The maximum atomic E-state index is 11.6. The van der Waals surface area contributed by atoms with Gasteiger partial charge in [-0.3, -0.25) is 4.79 Å². The highest BCUT2D eigenvalue weighted by molar-refractivity contribution is 5.95. The number of aldehydes is 1. The number of ether oxygens (including phenoxy) is 1. The third-order valence-corrected chi connectivity index (χ3v) is 2.25. The molecule has 0 unspecified atom stereocenters. The van der Waals surface area contributed by atoms with Gasteiger partial charge < -0.3 is 9.15 Å². The van der Waals surface area contributed by atoms with Crippen molar-refractivity contribution >= 4 is 12.3 Å². The van der Waals surface area contributed by atoms with Gasteiger partial charge in [0, 0.05) is 5.56 Å². The van der Waals surface area contributed by atoms with Gasteiger partial charge in [-0.2, -0.15) is 0 Å². The highest BCUT2D eigenvalue weighted by Crippen LogP contribution is 2.21. The summed E-state index contributed by atoms with van der Waals surface area (Å²) in [5.41, 5.74) is 0.642. The normalized spacial score (nSPS) is 10.1. The second-order valence-electron chi connectivity index (χ2n) is 3.44. The van der Waals surface area contributed by atoms with E-state index in [0.717, 1.165) is 0 Å². The molecule has 5 nitrogen and oxygen atoms in total. The smallest absolute Gasteiger partial charge is 0.376 e. The molecule has 0 aliphatic carbocycles. The summed E-state index contributed by atoms with van der Waals surface area (Å²) in [6.45, 7) is 1.88. The van der Waals surface area contributed by atoms with E-state index in [2.05, 4.69) is 4.98 Å². The summed E-state index contributed by atoms with van der Waals surface area (Å²) in [5, 5.41) is 0. The van der Waals surface area contributed by atoms with Crippen LogP contribution < -0.4 is 0 Å². The van der Waals surface area contributed by atoms with Crippen LogP contribution in [0.25, 0.3) is 11.5 Å². The van der Waals surface area contributed by atoms with Crippen molar-refractivity contribution in [3.8, 4) is 11.5 Å². The predicted molar refractivity (Wildman–Crippen MR) is 63.3 cm³/mol. The molecule has 2 aromatic rings. The molecule has 0 atom stereocenters. The summed E-state index contributed by atoms with van der Waals surface area (Å²) >= 11 is 0. The molecule has 0 bridgehead atoms. The van der Waals surface area contributed by atoms with Gasteiger partial charge in [-0.1, -0.05) is 18.2 Å². The monoisotopic (exact) mass is 245 g/mol. The molecule has 0 radical (unpaired) electrons. The van der Waals surface area contributed by atoms with Crippen LogP contribution in [0.1, 0.15) is 28.0 Å². The van der Waals surface area contributed by atoms with E-state index in [0.29, 0.717) is 11.8 Å². The quantitative estimate of drug-likeness (QED) is 0.610. The van der Waals surface area contributed by atoms with Crippen LogP contribution in [0.5, 0.6) is 0 Å². The number of carbonyl (C=O) groups is 2. The van der Waals surface area contributed by atoms with Crippen LogP contribution in [0, 0.1) is 0 Å². The Bertz CT molecular complexity index is 560. The van der Waals surface area contributed by atoms with Crippen molar-refractivity contribution in [3.63, 3.8) is 0 Å². The number of aromatic nitrogens is 1. The first-order valence-corrected chi connectivity index (χ1v) is 5.44. The Morgan fingerprint density at radius 2 is 2.11 bits per heavy atom. The van der Waals surface area contributed by atoms with E-state index in [1.165, 1.54) is 0 Å². The van der Waals surface area contributed by atoms with E-state index in [1.807, 2.05) is 18.2 Å². The molecule has 0 spiro atoms. The van der Waals surface area contributed by atoms with Gasteiger partial charge in [0.05, 0.1) is 6.61 Å². The number of esters is 1. The fraction of sp³-hybridized carbons (Fsp3) is 0.154. The van der Waals surface area contributed by atoms with E-state index in [9.17, 15) is 9.59 Å². The van der Waals surface area contributed by atoms with Gasteiger partial charge in [0.1, 0.15) is 0 Å². The first-order chi connectivity index (χ1) is 8.76. The minimum atomic E-state index is -0.686. The summed E-state index contributed by atoms with van der Waals surface area (Å²) < 4.78 is 10.1. The van der Waals surface area contributed by atoms with Gasteiger partial charge in [0.25, 0.3) is 0 Å². The Kier molecular flexibility index (Phi) is 3.52. The summed E-state index contributed by atoms with van der Waals surface area (Å²) in [7, 11) is 0. The molecule has 1 aromatic carbocycles. The van der Waals surface area contributed by atoms with Crippen molar-refractivity contribution in [3.05, 3.63) is 41.8 Å². The molecule has 0 saturated carbocycles. The third kappa shape index (κ3) is 2.29. The van der Waals surface area contributed by atoms with Gasteiger partial charge >= 0.3 is 5.97 Å². The van der Waals surface area contributed by atoms with E-state index in [1.54, 1.807) is 19.1 Å². The molecule has 0 saturated heterocycles. The van der Waals surface area contributed by atoms with Crippen LogP contribution in [-0.4, -0.2) is 23.8 Å². The lowest BCUT2D eigenvalue weighted by molar-refractivity contribution is 0.0488. The Balaban J connectivity index is 2.41. The molecule has 2 rings (SSSR count). The molecular weight excluding hydrogens is 234 g/mol. The van der Waals surface area contributed by atoms with Gasteiger partial charge in [-0.05, 0) is 19.1 Å². The van der Waals surface area contributed by atoms with E-state index in [4.69, 9.17) is 9.15 Å². The number of oxazole rings is 1. The molecule has 0 fully saturated rings. The number of carbonyl (C=O) groups excluding carboxylic acids is 2. The summed E-state index contributed by atoms with van der Waals surface area (Å²) in [6, 6.07) is 9.01. The standard InChI is InChI=1S/C13H11NO4/c1-2-17-13(16)11-10(8-15)14-12(18-11)9-6-4-3-5-7-9/h3-8H,2H2,1H3. The van der Waals surface area contributed by atoms with E-state index >= 15 is 0 Å². The van der Waals surface area contributed by atoms with Crippen molar-refractivity contribution in [2.45, 2.75) is 6.92 Å². The van der Waals surface area contributed by atoms with Crippen LogP contribution in [0.4, 0.5) is 0 Å². The fourth-order valence-electron chi connectivity index (χ4n) is 1.46. The summed E-state index contributed by atoms with van der Waals surface area (Å²) in [6.07, 6.45) is 0.474. The van der Waals surface area contributed by atoms with Gasteiger partial charge in [0.2, 0.25) is 11.7 Å². The van der Waals surface area contributed by atoms with Gasteiger partial charge in [0.15, 0.2) is 12.0 Å². The van der Waals surface area contributed by atoms with Crippen LogP contribution >= 0.6 is 0 Å². The second-order valence-corrected chi connectivity index (χ2v) is 3.44. The lowest BCUT2D eigenvalue weighted by Crippen LogP contribution is -2.05. The molecule has 1 heterocycles. The first kappa shape index (κ1) is 12.0. The lowest BCUT2D eigenvalue weighted by atomic mass is 10.2. The van der Waals surface area contributed by atoms with Crippen LogP contribution in [0.15, 0.2) is 34.7 Å². The Hall–Kier alpha value is -2.43. The first-order valence-electron chi connectivity index (χ1n) is 5.44. The Morgan fingerprint density at radius 3 is 2.72 bits per heavy atom. The van der Waals surface area contributed by atoms with Crippen molar-refractivity contribution in [1.29, 1.82) is 0 Å². The predicted octanol–water partition coefficient (Wildman–Crippen LogP) is 2.33. The van der Waals surface area contributed by atoms with Crippen molar-refractivity contribution in [2.24, 2.45) is 0 Å². The van der Waals surface area contributed by atoms with Crippen molar-refractivity contribution < 1.29 is 18.7 Å². The molecule has 0 aliphatic heterocycles. The minimum Gasteiger partial charge on any atom is -0.460 e. The summed E-state index contributed by atoms with van der Waals surface area (Å²) in [4.78, 5) is 26.4. The molecule has 18 heavy (non-hydrogen) atoms. The van der Waals surface area contributed by atoms with Crippen LogP contribution in [0.3, 0.4) is 0 Å². The number of benzene rings is 1. The second kappa shape index (κ2) is 5.27. The highest BCUT2D eigenvalue weighted by Gasteiger charge is 2.21. The molecule has 0 amide bonds. The number of rotatable bonds is 4. The molecule has 1 aromatic heterocycles. The molecule has 0 aliphatic rings. The SMILES string of the molecule is CCOC(=O)c1oc(-c2ccccc2)nc1C=O. The van der Waals surface area contributed by atoms with Gasteiger partial charge in [-0.15, -0.1) is 0 Å². The zero-order valence-electron chi connectivity index (χ0n) is 9.75. The van der Waals surface area contributed by atoms with E-state index in [-0.39, 0.29) is 24.0 Å². The summed E-state index contributed by atoms with van der Waals surface area (Å²) in [5.74, 6) is -0.624. The average molecular weight is 245 g/mol. The molecule has 92 valence electrons. The van der Waals surface area contributed by atoms with Crippen LogP contribution in [0.2, 0.25) is 0 Å². The topological polar surface area (TPSA) is 69.4 Å². The van der Waals surface area contributed by atoms with Crippen LogP contribution in [-0.2, 0) is 4.74 Å². The van der Waals surface area contributed by atoms with Crippen molar-refractivity contribution in [1.82, 2.24) is 4.98 Å². The number of hydrogen-bond donors (Lipinski definition) is 0. The zero-order chi connectivity index (χ0) is 13.0. The zero-order valence-corrected chi connectivity index (χ0v) is 9.75. The third-order valence-electron chi connectivity index (χ3n) is 2.25. The Labute approximate surface area is 103 Å². The minimum absolute atomic E-state index is 0.0488. The molecule has 0 N–H and O–H groups in total. The Morgan fingerprint density at radius 1 is 1.39 bits per heavy atom. The molecular formula is C13H11NO4. The number of hydrogen-bond acceptors (Lipinski definition) is 5. The fourth-order valence-corrected chi connectivity index (χ4v) is 1.46. The van der Waals surface area contributed by atoms with Gasteiger partial charge in [-0.25, -0.2) is 9.78 Å². The maximum absolute atomic E-state index is 11.6. The number of nitrogens with zero attached hydrogens (tertiary/aromatic N) is 1. The van der Waals surface area contributed by atoms with E-state index < -0.39 is 5.97 Å². The average Bonchev–Trinajstić information content (AvgIpc) is 2.84.